The molecule has 1 aliphatic heterocycles. The lowest BCUT2D eigenvalue weighted by atomic mass is 10.2. The van der Waals surface area contributed by atoms with Crippen LogP contribution in [0.5, 0.6) is 5.75 Å². The molecule has 16 heavy (non-hydrogen) atoms. The number of nitrogens with zero attached hydrogens (tertiary/aromatic N) is 1. The maximum absolute atomic E-state index is 11.6. The number of benzene rings is 1. The van der Waals surface area contributed by atoms with Crippen molar-refractivity contribution in [1.29, 1.82) is 0 Å². The monoisotopic (exact) mass is 222 g/mol. The smallest absolute Gasteiger partial charge is 0.414 e. The number of cyclic esters (lactones) is 1. The first-order valence-corrected chi connectivity index (χ1v) is 5.17. The molecule has 0 aliphatic carbocycles. The van der Waals surface area contributed by atoms with Gasteiger partial charge < -0.3 is 15.6 Å². The van der Waals surface area contributed by atoms with Gasteiger partial charge in [0.05, 0.1) is 11.7 Å². The first-order chi connectivity index (χ1) is 7.72. The number of ether oxygens (including phenoxy) is 1. The zero-order valence-corrected chi connectivity index (χ0v) is 8.80. The molecule has 2 rings (SSSR count). The molecule has 0 saturated carbocycles. The van der Waals surface area contributed by atoms with Crippen molar-refractivity contribution in [3.8, 4) is 5.75 Å². The third-order valence-corrected chi connectivity index (χ3v) is 2.57. The number of nitrogens with two attached hydrogens (primary N) is 1. The molecule has 1 atom stereocenters. The molecule has 1 aromatic carbocycles. The number of phenolic OH excluding ortho intramolecular Hbond substituents is 1. The van der Waals surface area contributed by atoms with Gasteiger partial charge in [-0.15, -0.1) is 0 Å². The fourth-order valence-electron chi connectivity index (χ4n) is 1.82. The summed E-state index contributed by atoms with van der Waals surface area (Å²) in [4.78, 5) is 13.1. The molecule has 1 fully saturated rings. The number of carbonyl (C=O) groups is 1. The number of hydrogen-bond acceptors (Lipinski definition) is 4. The van der Waals surface area contributed by atoms with E-state index >= 15 is 0 Å². The van der Waals surface area contributed by atoms with E-state index in [4.69, 9.17) is 10.5 Å². The lowest BCUT2D eigenvalue weighted by molar-refractivity contribution is 0.178. The van der Waals surface area contributed by atoms with Gasteiger partial charge in [0.25, 0.3) is 0 Å². The van der Waals surface area contributed by atoms with Crippen LogP contribution in [0.3, 0.4) is 0 Å². The Hall–Kier alpha value is -1.75. The van der Waals surface area contributed by atoms with Crippen LogP contribution in [0.2, 0.25) is 0 Å². The average molecular weight is 222 g/mol. The number of carbonyl (C=O) groups excluding carboxylic acids is 1. The zero-order valence-electron chi connectivity index (χ0n) is 8.80. The van der Waals surface area contributed by atoms with Crippen LogP contribution in [0.4, 0.5) is 10.5 Å². The fourth-order valence-corrected chi connectivity index (χ4v) is 1.82. The van der Waals surface area contributed by atoms with Crippen LogP contribution in [0, 0.1) is 0 Å². The third kappa shape index (κ3) is 1.94. The summed E-state index contributed by atoms with van der Waals surface area (Å²) in [6.45, 7) is 0.850. The van der Waals surface area contributed by atoms with E-state index in [1.54, 1.807) is 18.2 Å². The first-order valence-electron chi connectivity index (χ1n) is 5.17. The average Bonchev–Trinajstić information content (AvgIpc) is 2.60. The van der Waals surface area contributed by atoms with Crippen molar-refractivity contribution in [2.45, 2.75) is 12.5 Å². The van der Waals surface area contributed by atoms with Gasteiger partial charge in [0.15, 0.2) is 0 Å². The van der Waals surface area contributed by atoms with Crippen molar-refractivity contribution in [3.05, 3.63) is 24.3 Å². The van der Waals surface area contributed by atoms with Gasteiger partial charge in [-0.3, -0.25) is 4.90 Å². The minimum absolute atomic E-state index is 0.0423. The van der Waals surface area contributed by atoms with Gasteiger partial charge in [0, 0.05) is 6.07 Å². The van der Waals surface area contributed by atoms with Gasteiger partial charge in [-0.25, -0.2) is 4.79 Å². The molecule has 0 spiro atoms. The highest BCUT2D eigenvalue weighted by atomic mass is 16.6. The van der Waals surface area contributed by atoms with E-state index in [1.165, 1.54) is 11.0 Å². The Morgan fingerprint density at radius 1 is 1.56 bits per heavy atom. The number of rotatable bonds is 3. The van der Waals surface area contributed by atoms with Crippen LogP contribution >= 0.6 is 0 Å². The van der Waals surface area contributed by atoms with Crippen LogP contribution in [0.25, 0.3) is 0 Å². The van der Waals surface area contributed by atoms with Crippen molar-refractivity contribution in [1.82, 2.24) is 0 Å². The Bertz CT molecular complexity index is 395. The Labute approximate surface area is 93.4 Å². The van der Waals surface area contributed by atoms with Crippen molar-refractivity contribution in [2.75, 3.05) is 18.1 Å². The first kappa shape index (κ1) is 10.8. The number of phenols is 1. The summed E-state index contributed by atoms with van der Waals surface area (Å²) < 4.78 is 4.97. The molecule has 0 bridgehead atoms. The standard InChI is InChI=1S/C11H14N2O3/c12-5-4-9-7-16-11(15)13(9)8-2-1-3-10(14)6-8/h1-3,6,9,14H,4-5,7,12H2. The zero-order chi connectivity index (χ0) is 11.5. The molecule has 0 aromatic heterocycles. The van der Waals surface area contributed by atoms with Crippen LogP contribution in [-0.2, 0) is 4.74 Å². The van der Waals surface area contributed by atoms with E-state index in [1.807, 2.05) is 0 Å². The lowest BCUT2D eigenvalue weighted by Crippen LogP contribution is -2.34. The van der Waals surface area contributed by atoms with Gasteiger partial charge in [0.1, 0.15) is 12.4 Å². The largest absolute Gasteiger partial charge is 0.508 e. The SMILES string of the molecule is NCCC1COC(=O)N1c1cccc(O)c1. The van der Waals surface area contributed by atoms with Crippen molar-refractivity contribution < 1.29 is 14.6 Å². The van der Waals surface area contributed by atoms with E-state index in [9.17, 15) is 9.90 Å². The lowest BCUT2D eigenvalue weighted by Gasteiger charge is -2.20. The molecule has 1 aromatic rings. The summed E-state index contributed by atoms with van der Waals surface area (Å²) in [5, 5.41) is 9.37. The molecule has 0 radical (unpaired) electrons. The van der Waals surface area contributed by atoms with E-state index in [2.05, 4.69) is 0 Å². The second-order valence-electron chi connectivity index (χ2n) is 3.70. The molecule has 5 heteroatoms. The molecular formula is C11H14N2O3. The van der Waals surface area contributed by atoms with Gasteiger partial charge >= 0.3 is 6.09 Å². The minimum atomic E-state index is -0.385. The fraction of sp³-hybridized carbons (Fsp3) is 0.364. The maximum atomic E-state index is 11.6. The summed E-state index contributed by atoms with van der Waals surface area (Å²) in [5.74, 6) is 0.128. The number of aromatic hydroxyl groups is 1. The number of anilines is 1. The molecule has 1 aliphatic rings. The predicted molar refractivity (Wildman–Crippen MR) is 59.4 cm³/mol. The summed E-state index contributed by atoms with van der Waals surface area (Å²) in [6, 6.07) is 6.50. The summed E-state index contributed by atoms with van der Waals surface area (Å²) in [6.07, 6.45) is 0.297. The summed E-state index contributed by atoms with van der Waals surface area (Å²) in [7, 11) is 0. The highest BCUT2D eigenvalue weighted by Crippen LogP contribution is 2.27. The van der Waals surface area contributed by atoms with Gasteiger partial charge in [0.2, 0.25) is 0 Å². The van der Waals surface area contributed by atoms with Gasteiger partial charge in [-0.05, 0) is 25.1 Å². The second-order valence-corrected chi connectivity index (χ2v) is 3.70. The number of hydrogen-bond donors (Lipinski definition) is 2. The molecule has 1 amide bonds. The molecule has 5 nitrogen and oxygen atoms in total. The molecule has 1 saturated heterocycles. The summed E-state index contributed by atoms with van der Waals surface area (Å²) in [5.41, 5.74) is 6.12. The molecule has 86 valence electrons. The molecular weight excluding hydrogens is 208 g/mol. The highest BCUT2D eigenvalue weighted by Gasteiger charge is 2.33. The third-order valence-electron chi connectivity index (χ3n) is 2.57. The summed E-state index contributed by atoms with van der Waals surface area (Å²) >= 11 is 0. The van der Waals surface area contributed by atoms with Crippen molar-refractivity contribution >= 4 is 11.8 Å². The van der Waals surface area contributed by atoms with E-state index in [0.717, 1.165) is 0 Å². The van der Waals surface area contributed by atoms with Crippen LogP contribution in [0.1, 0.15) is 6.42 Å². The second kappa shape index (κ2) is 4.40. The quantitative estimate of drug-likeness (QED) is 0.802. The molecule has 3 N–H and O–H groups in total. The Morgan fingerprint density at radius 2 is 2.38 bits per heavy atom. The van der Waals surface area contributed by atoms with E-state index in [-0.39, 0.29) is 17.9 Å². The van der Waals surface area contributed by atoms with E-state index < -0.39 is 0 Å². The van der Waals surface area contributed by atoms with Crippen LogP contribution < -0.4 is 10.6 Å². The van der Waals surface area contributed by atoms with Gasteiger partial charge in [-0.1, -0.05) is 6.07 Å². The number of amides is 1. The highest BCUT2D eigenvalue weighted by molar-refractivity contribution is 5.90. The Morgan fingerprint density at radius 3 is 3.06 bits per heavy atom. The Balaban J connectivity index is 2.26. The predicted octanol–water partition coefficient (Wildman–Crippen LogP) is 1.07. The van der Waals surface area contributed by atoms with Crippen molar-refractivity contribution in [3.63, 3.8) is 0 Å². The van der Waals surface area contributed by atoms with E-state index in [0.29, 0.717) is 25.3 Å². The van der Waals surface area contributed by atoms with Crippen LogP contribution in [-0.4, -0.2) is 30.4 Å². The minimum Gasteiger partial charge on any atom is -0.508 e. The van der Waals surface area contributed by atoms with Crippen molar-refractivity contribution in [2.24, 2.45) is 5.73 Å². The van der Waals surface area contributed by atoms with Gasteiger partial charge in [-0.2, -0.15) is 0 Å². The maximum Gasteiger partial charge on any atom is 0.414 e. The topological polar surface area (TPSA) is 75.8 Å². The normalized spacial score (nSPS) is 19.9. The molecule has 1 heterocycles. The van der Waals surface area contributed by atoms with Crippen LogP contribution in [0.15, 0.2) is 24.3 Å². The Kier molecular flexibility index (Phi) is 2.96. The molecule has 1 unspecified atom stereocenters.